The first-order valence-corrected chi connectivity index (χ1v) is 4.90. The summed E-state index contributed by atoms with van der Waals surface area (Å²) in [5, 5.41) is 3.13. The Morgan fingerprint density at radius 3 is 2.85 bits per heavy atom. The molecule has 0 atom stereocenters. The maximum atomic E-state index is 5.33. The van der Waals surface area contributed by atoms with Crippen molar-refractivity contribution in [2.45, 2.75) is 27.2 Å². The molecule has 0 aromatic heterocycles. The van der Waals surface area contributed by atoms with Crippen LogP contribution in [0.3, 0.4) is 0 Å². The molecule has 1 aromatic rings. The molecule has 72 valence electrons. The SMILES string of the molecule is CC.CCc1ccc2c(c1)OCN2. The molecule has 0 saturated heterocycles. The molecule has 1 heterocycles. The summed E-state index contributed by atoms with van der Waals surface area (Å²) in [6, 6.07) is 6.29. The van der Waals surface area contributed by atoms with E-state index in [0.29, 0.717) is 6.73 Å². The van der Waals surface area contributed by atoms with E-state index in [1.807, 2.05) is 13.8 Å². The fourth-order valence-electron chi connectivity index (χ4n) is 1.24. The average Bonchev–Trinajstić information content (AvgIpc) is 2.67. The number of hydrogen-bond acceptors (Lipinski definition) is 2. The van der Waals surface area contributed by atoms with Crippen molar-refractivity contribution in [2.24, 2.45) is 0 Å². The Balaban J connectivity index is 0.000000396. The molecule has 2 rings (SSSR count). The van der Waals surface area contributed by atoms with Gasteiger partial charge in [0.05, 0.1) is 5.69 Å². The summed E-state index contributed by atoms with van der Waals surface area (Å²) >= 11 is 0. The highest BCUT2D eigenvalue weighted by molar-refractivity contribution is 5.60. The second-order valence-electron chi connectivity index (χ2n) is 2.65. The maximum absolute atomic E-state index is 5.33. The molecule has 0 spiro atoms. The summed E-state index contributed by atoms with van der Waals surface area (Å²) in [5.41, 5.74) is 2.44. The van der Waals surface area contributed by atoms with Crippen molar-refractivity contribution in [2.75, 3.05) is 12.0 Å². The second-order valence-corrected chi connectivity index (χ2v) is 2.65. The molecule has 0 bridgehead atoms. The quantitative estimate of drug-likeness (QED) is 0.715. The van der Waals surface area contributed by atoms with Crippen molar-refractivity contribution >= 4 is 5.69 Å². The normalized spacial score (nSPS) is 11.9. The van der Waals surface area contributed by atoms with Crippen LogP contribution in [0.2, 0.25) is 0 Å². The van der Waals surface area contributed by atoms with Gasteiger partial charge in [-0.2, -0.15) is 0 Å². The van der Waals surface area contributed by atoms with E-state index in [2.05, 4.69) is 30.4 Å². The number of rotatable bonds is 1. The Morgan fingerprint density at radius 2 is 2.15 bits per heavy atom. The summed E-state index contributed by atoms with van der Waals surface area (Å²) in [6.07, 6.45) is 1.07. The first kappa shape index (κ1) is 9.90. The highest BCUT2D eigenvalue weighted by atomic mass is 16.5. The molecule has 1 N–H and O–H groups in total. The third-order valence-electron chi connectivity index (χ3n) is 1.94. The van der Waals surface area contributed by atoms with E-state index in [4.69, 9.17) is 4.74 Å². The molecular weight excluding hydrogens is 162 g/mol. The van der Waals surface area contributed by atoms with E-state index in [-0.39, 0.29) is 0 Å². The van der Waals surface area contributed by atoms with Gasteiger partial charge in [0.1, 0.15) is 5.75 Å². The molecule has 13 heavy (non-hydrogen) atoms. The first-order valence-electron chi connectivity index (χ1n) is 4.90. The van der Waals surface area contributed by atoms with Gasteiger partial charge in [0.2, 0.25) is 0 Å². The molecule has 0 radical (unpaired) electrons. The Hall–Kier alpha value is -1.18. The van der Waals surface area contributed by atoms with E-state index < -0.39 is 0 Å². The Kier molecular flexibility index (Phi) is 3.62. The fourth-order valence-corrected chi connectivity index (χ4v) is 1.24. The third kappa shape index (κ3) is 2.14. The van der Waals surface area contributed by atoms with E-state index in [0.717, 1.165) is 17.9 Å². The molecule has 0 amide bonds. The minimum atomic E-state index is 0.614. The highest BCUT2D eigenvalue weighted by Crippen LogP contribution is 2.29. The first-order chi connectivity index (χ1) is 6.40. The van der Waals surface area contributed by atoms with Gasteiger partial charge >= 0.3 is 0 Å². The van der Waals surface area contributed by atoms with Crippen molar-refractivity contribution in [1.82, 2.24) is 0 Å². The number of nitrogens with one attached hydrogen (secondary N) is 1. The lowest BCUT2D eigenvalue weighted by Gasteiger charge is -1.99. The zero-order chi connectivity index (χ0) is 9.68. The van der Waals surface area contributed by atoms with Crippen molar-refractivity contribution in [3.63, 3.8) is 0 Å². The lowest BCUT2D eigenvalue weighted by Crippen LogP contribution is -1.96. The van der Waals surface area contributed by atoms with Crippen LogP contribution in [0.15, 0.2) is 18.2 Å². The summed E-state index contributed by atoms with van der Waals surface area (Å²) < 4.78 is 5.33. The van der Waals surface area contributed by atoms with Gasteiger partial charge in [-0.3, -0.25) is 0 Å². The van der Waals surface area contributed by atoms with Crippen LogP contribution in [0.1, 0.15) is 26.3 Å². The third-order valence-corrected chi connectivity index (χ3v) is 1.94. The van der Waals surface area contributed by atoms with Crippen molar-refractivity contribution < 1.29 is 4.74 Å². The maximum Gasteiger partial charge on any atom is 0.159 e. The fraction of sp³-hybridized carbons (Fsp3) is 0.455. The summed E-state index contributed by atoms with van der Waals surface area (Å²) in [5.74, 6) is 0.990. The molecule has 1 aliphatic heterocycles. The molecule has 0 fully saturated rings. The van der Waals surface area contributed by atoms with Crippen molar-refractivity contribution in [3.05, 3.63) is 23.8 Å². The van der Waals surface area contributed by atoms with E-state index in [1.165, 1.54) is 5.56 Å². The van der Waals surface area contributed by atoms with Gasteiger partial charge in [-0.25, -0.2) is 0 Å². The zero-order valence-corrected chi connectivity index (χ0v) is 8.55. The van der Waals surface area contributed by atoms with Crippen LogP contribution >= 0.6 is 0 Å². The number of aryl methyl sites for hydroxylation is 1. The van der Waals surface area contributed by atoms with Gasteiger partial charge in [0.15, 0.2) is 6.73 Å². The topological polar surface area (TPSA) is 21.3 Å². The molecule has 0 unspecified atom stereocenters. The molecule has 0 aliphatic carbocycles. The van der Waals surface area contributed by atoms with Crippen LogP contribution in [0.5, 0.6) is 5.75 Å². The average molecular weight is 179 g/mol. The molecule has 2 nitrogen and oxygen atoms in total. The van der Waals surface area contributed by atoms with E-state index >= 15 is 0 Å². The Morgan fingerprint density at radius 1 is 1.38 bits per heavy atom. The summed E-state index contributed by atoms with van der Waals surface area (Å²) in [4.78, 5) is 0. The molecule has 0 saturated carbocycles. The van der Waals surface area contributed by atoms with Crippen LogP contribution in [0.4, 0.5) is 5.69 Å². The van der Waals surface area contributed by atoms with Gasteiger partial charge < -0.3 is 10.1 Å². The van der Waals surface area contributed by atoms with Crippen LogP contribution < -0.4 is 10.1 Å². The summed E-state index contributed by atoms with van der Waals surface area (Å²) in [7, 11) is 0. The highest BCUT2D eigenvalue weighted by Gasteiger charge is 2.09. The minimum absolute atomic E-state index is 0.614. The smallest absolute Gasteiger partial charge is 0.159 e. The van der Waals surface area contributed by atoms with Crippen molar-refractivity contribution in [3.8, 4) is 5.75 Å². The predicted octanol–water partition coefficient (Wildman–Crippen LogP) is 3.04. The van der Waals surface area contributed by atoms with Crippen LogP contribution in [-0.4, -0.2) is 6.73 Å². The number of anilines is 1. The largest absolute Gasteiger partial charge is 0.471 e. The monoisotopic (exact) mass is 179 g/mol. The van der Waals surface area contributed by atoms with Gasteiger partial charge in [-0.15, -0.1) is 0 Å². The van der Waals surface area contributed by atoms with Gasteiger partial charge in [0.25, 0.3) is 0 Å². The number of benzene rings is 1. The van der Waals surface area contributed by atoms with E-state index in [1.54, 1.807) is 0 Å². The zero-order valence-electron chi connectivity index (χ0n) is 8.55. The second kappa shape index (κ2) is 4.75. The number of hydrogen-bond donors (Lipinski definition) is 1. The minimum Gasteiger partial charge on any atom is -0.471 e. The number of ether oxygens (including phenoxy) is 1. The molecule has 1 aromatic carbocycles. The van der Waals surface area contributed by atoms with Crippen molar-refractivity contribution in [1.29, 1.82) is 0 Å². The predicted molar refractivity (Wildman–Crippen MR) is 56.3 cm³/mol. The molecule has 2 heteroatoms. The lowest BCUT2D eigenvalue weighted by molar-refractivity contribution is 0.372. The van der Waals surface area contributed by atoms with E-state index in [9.17, 15) is 0 Å². The summed E-state index contributed by atoms with van der Waals surface area (Å²) in [6.45, 7) is 6.76. The Labute approximate surface area is 79.9 Å². The number of fused-ring (bicyclic) bond motifs is 1. The van der Waals surface area contributed by atoms with Gasteiger partial charge in [0, 0.05) is 0 Å². The molecular formula is C11H17NO. The van der Waals surface area contributed by atoms with Gasteiger partial charge in [-0.1, -0.05) is 26.8 Å². The Bertz CT molecular complexity index is 271. The van der Waals surface area contributed by atoms with Crippen LogP contribution in [0.25, 0.3) is 0 Å². The molecule has 1 aliphatic rings. The van der Waals surface area contributed by atoms with Crippen LogP contribution in [0, 0.1) is 0 Å². The van der Waals surface area contributed by atoms with Gasteiger partial charge in [-0.05, 0) is 24.1 Å². The lowest BCUT2D eigenvalue weighted by atomic mass is 10.1. The van der Waals surface area contributed by atoms with Crippen LogP contribution in [-0.2, 0) is 6.42 Å². The standard InChI is InChI=1S/C9H11NO.C2H6/c1-2-7-3-4-8-9(5-7)11-6-10-8;1-2/h3-5,10H,2,6H2,1H3;1-2H3.